The van der Waals surface area contributed by atoms with Crippen LogP contribution in [0, 0.1) is 5.82 Å². The van der Waals surface area contributed by atoms with E-state index in [0.29, 0.717) is 11.3 Å². The fourth-order valence-corrected chi connectivity index (χ4v) is 2.38. The average molecular weight is 379 g/mol. The SMILES string of the molecule is CN(CC(=O)Nc1ccccc1Br)C(=O)Cc1ccccc1F. The number of amides is 2. The van der Waals surface area contributed by atoms with Crippen molar-refractivity contribution < 1.29 is 14.0 Å². The number of halogens is 2. The van der Waals surface area contributed by atoms with Crippen LogP contribution in [0.5, 0.6) is 0 Å². The summed E-state index contributed by atoms with van der Waals surface area (Å²) in [4.78, 5) is 25.4. The van der Waals surface area contributed by atoms with Gasteiger partial charge >= 0.3 is 0 Å². The average Bonchev–Trinajstić information content (AvgIpc) is 2.51. The molecule has 0 aliphatic carbocycles. The lowest BCUT2D eigenvalue weighted by atomic mass is 10.1. The molecule has 0 saturated heterocycles. The largest absolute Gasteiger partial charge is 0.336 e. The highest BCUT2D eigenvalue weighted by molar-refractivity contribution is 9.10. The Morgan fingerprint density at radius 2 is 1.78 bits per heavy atom. The minimum atomic E-state index is -0.424. The normalized spacial score (nSPS) is 10.2. The molecule has 0 aliphatic heterocycles. The number of likely N-dealkylation sites (N-methyl/N-ethyl adjacent to an activating group) is 1. The summed E-state index contributed by atoms with van der Waals surface area (Å²) >= 11 is 3.34. The lowest BCUT2D eigenvalue weighted by Crippen LogP contribution is -2.36. The van der Waals surface area contributed by atoms with E-state index in [1.165, 1.54) is 18.0 Å². The van der Waals surface area contributed by atoms with Crippen molar-refractivity contribution in [3.05, 3.63) is 64.4 Å². The maximum atomic E-state index is 13.6. The molecule has 0 radical (unpaired) electrons. The smallest absolute Gasteiger partial charge is 0.244 e. The van der Waals surface area contributed by atoms with Crippen molar-refractivity contribution in [3.63, 3.8) is 0 Å². The minimum Gasteiger partial charge on any atom is -0.336 e. The predicted molar refractivity (Wildman–Crippen MR) is 90.5 cm³/mol. The molecule has 0 heterocycles. The van der Waals surface area contributed by atoms with Gasteiger partial charge in [-0.25, -0.2) is 4.39 Å². The second-order valence-electron chi connectivity index (χ2n) is 5.05. The van der Waals surface area contributed by atoms with E-state index in [4.69, 9.17) is 0 Å². The summed E-state index contributed by atoms with van der Waals surface area (Å²) in [6.45, 7) is -0.103. The van der Waals surface area contributed by atoms with Crippen molar-refractivity contribution in [1.82, 2.24) is 4.90 Å². The molecule has 1 N–H and O–H groups in total. The maximum absolute atomic E-state index is 13.6. The Bertz CT molecular complexity index is 721. The summed E-state index contributed by atoms with van der Waals surface area (Å²) < 4.78 is 14.3. The van der Waals surface area contributed by atoms with Crippen molar-refractivity contribution in [2.24, 2.45) is 0 Å². The molecule has 2 rings (SSSR count). The third-order valence-electron chi connectivity index (χ3n) is 3.25. The fraction of sp³-hybridized carbons (Fsp3) is 0.176. The molecule has 4 nitrogen and oxygen atoms in total. The number of hydrogen-bond acceptors (Lipinski definition) is 2. The van der Waals surface area contributed by atoms with Crippen LogP contribution in [-0.4, -0.2) is 30.3 Å². The van der Waals surface area contributed by atoms with Gasteiger partial charge in [-0.05, 0) is 39.7 Å². The summed E-state index contributed by atoms with van der Waals surface area (Å²) in [6.07, 6.45) is -0.0779. The summed E-state index contributed by atoms with van der Waals surface area (Å²) in [6, 6.07) is 13.3. The van der Waals surface area contributed by atoms with Crippen LogP contribution in [0.15, 0.2) is 53.0 Å². The molecule has 2 amide bonds. The molecule has 6 heteroatoms. The lowest BCUT2D eigenvalue weighted by Gasteiger charge is -2.17. The molecule has 0 unspecified atom stereocenters. The van der Waals surface area contributed by atoms with E-state index in [9.17, 15) is 14.0 Å². The quantitative estimate of drug-likeness (QED) is 0.867. The van der Waals surface area contributed by atoms with E-state index in [-0.39, 0.29) is 24.8 Å². The number of carbonyl (C=O) groups is 2. The van der Waals surface area contributed by atoms with E-state index in [2.05, 4.69) is 21.2 Å². The van der Waals surface area contributed by atoms with Crippen LogP contribution in [0.25, 0.3) is 0 Å². The number of nitrogens with one attached hydrogen (secondary N) is 1. The van der Waals surface area contributed by atoms with Gasteiger partial charge in [-0.15, -0.1) is 0 Å². The molecule has 2 aromatic carbocycles. The van der Waals surface area contributed by atoms with Gasteiger partial charge in [-0.1, -0.05) is 30.3 Å². The van der Waals surface area contributed by atoms with Gasteiger partial charge in [-0.2, -0.15) is 0 Å². The fourth-order valence-electron chi connectivity index (χ4n) is 2.00. The zero-order chi connectivity index (χ0) is 16.8. The summed E-state index contributed by atoms with van der Waals surface area (Å²) in [5, 5.41) is 2.72. The van der Waals surface area contributed by atoms with Crippen molar-refractivity contribution in [3.8, 4) is 0 Å². The zero-order valence-electron chi connectivity index (χ0n) is 12.6. The molecule has 0 aliphatic rings. The summed E-state index contributed by atoms with van der Waals surface area (Å²) in [5.41, 5.74) is 0.947. The second kappa shape index (κ2) is 7.87. The van der Waals surface area contributed by atoms with Crippen LogP contribution in [0.1, 0.15) is 5.56 Å². The van der Waals surface area contributed by atoms with E-state index < -0.39 is 5.82 Å². The highest BCUT2D eigenvalue weighted by Crippen LogP contribution is 2.21. The first-order valence-corrected chi connectivity index (χ1v) is 7.78. The Hall–Kier alpha value is -2.21. The topological polar surface area (TPSA) is 49.4 Å². The van der Waals surface area contributed by atoms with Crippen LogP contribution in [-0.2, 0) is 16.0 Å². The van der Waals surface area contributed by atoms with Crippen molar-refractivity contribution in [2.45, 2.75) is 6.42 Å². The van der Waals surface area contributed by atoms with Crippen LogP contribution in [0.3, 0.4) is 0 Å². The van der Waals surface area contributed by atoms with E-state index >= 15 is 0 Å². The molecule has 2 aromatic rings. The molecule has 0 spiro atoms. The maximum Gasteiger partial charge on any atom is 0.244 e. The van der Waals surface area contributed by atoms with Gasteiger partial charge in [0, 0.05) is 11.5 Å². The molecule has 23 heavy (non-hydrogen) atoms. The van der Waals surface area contributed by atoms with Crippen LogP contribution in [0.4, 0.5) is 10.1 Å². The summed E-state index contributed by atoms with van der Waals surface area (Å²) in [7, 11) is 1.52. The molecular formula is C17H16BrFN2O2. The molecular weight excluding hydrogens is 363 g/mol. The number of carbonyl (C=O) groups excluding carboxylic acids is 2. The monoisotopic (exact) mass is 378 g/mol. The standard InChI is InChI=1S/C17H16BrFN2O2/c1-21(17(23)10-12-6-2-4-8-14(12)19)11-16(22)20-15-9-5-3-7-13(15)18/h2-9H,10-11H2,1H3,(H,20,22). The number of hydrogen-bond donors (Lipinski definition) is 1. The van der Waals surface area contributed by atoms with Crippen molar-refractivity contribution in [2.75, 3.05) is 18.9 Å². The zero-order valence-corrected chi connectivity index (χ0v) is 14.1. The van der Waals surface area contributed by atoms with Gasteiger partial charge in [0.1, 0.15) is 5.82 Å². The van der Waals surface area contributed by atoms with Gasteiger partial charge in [0.2, 0.25) is 11.8 Å². The first kappa shape index (κ1) is 17.1. The highest BCUT2D eigenvalue weighted by Gasteiger charge is 2.15. The van der Waals surface area contributed by atoms with Gasteiger partial charge in [-0.3, -0.25) is 9.59 Å². The second-order valence-corrected chi connectivity index (χ2v) is 5.90. The Balaban J connectivity index is 1.92. The number of anilines is 1. The molecule has 0 atom stereocenters. The number of benzene rings is 2. The Morgan fingerprint density at radius 3 is 2.48 bits per heavy atom. The Labute approximate surface area is 142 Å². The third-order valence-corrected chi connectivity index (χ3v) is 3.95. The van der Waals surface area contributed by atoms with Gasteiger partial charge in [0.25, 0.3) is 0 Å². The van der Waals surface area contributed by atoms with Crippen molar-refractivity contribution in [1.29, 1.82) is 0 Å². The van der Waals surface area contributed by atoms with Crippen LogP contribution < -0.4 is 5.32 Å². The third kappa shape index (κ3) is 4.89. The number of rotatable bonds is 5. The Kier molecular flexibility index (Phi) is 5.87. The first-order valence-electron chi connectivity index (χ1n) is 6.99. The van der Waals surface area contributed by atoms with E-state index in [1.807, 2.05) is 12.1 Å². The molecule has 120 valence electrons. The predicted octanol–water partition coefficient (Wildman–Crippen LogP) is 3.23. The number of nitrogens with zero attached hydrogens (tertiary/aromatic N) is 1. The van der Waals surface area contributed by atoms with E-state index in [0.717, 1.165) is 4.47 Å². The molecule has 0 bridgehead atoms. The van der Waals surface area contributed by atoms with Crippen molar-refractivity contribution >= 4 is 33.4 Å². The Morgan fingerprint density at radius 1 is 1.13 bits per heavy atom. The van der Waals surface area contributed by atoms with Gasteiger partial charge < -0.3 is 10.2 Å². The van der Waals surface area contributed by atoms with Crippen LogP contribution >= 0.6 is 15.9 Å². The summed E-state index contributed by atoms with van der Waals surface area (Å²) in [5.74, 6) is -1.06. The van der Waals surface area contributed by atoms with Gasteiger partial charge in [0.05, 0.1) is 18.7 Å². The molecule has 0 aromatic heterocycles. The minimum absolute atomic E-state index is 0.0779. The first-order chi connectivity index (χ1) is 11.0. The van der Waals surface area contributed by atoms with Crippen LogP contribution in [0.2, 0.25) is 0 Å². The lowest BCUT2D eigenvalue weighted by molar-refractivity contribution is -0.132. The van der Waals surface area contributed by atoms with Gasteiger partial charge in [0.15, 0.2) is 0 Å². The van der Waals surface area contributed by atoms with E-state index in [1.54, 1.807) is 30.3 Å². The molecule has 0 saturated carbocycles. The highest BCUT2D eigenvalue weighted by atomic mass is 79.9. The molecule has 0 fully saturated rings. The number of para-hydroxylation sites is 1.